The molecule has 0 radical (unpaired) electrons. The van der Waals surface area contributed by atoms with E-state index in [1.54, 1.807) is 0 Å². The number of H-pyrrole nitrogens is 1. The molecule has 0 unspecified atom stereocenters. The Bertz CT molecular complexity index is 830. The normalized spacial score (nSPS) is 10.4. The van der Waals surface area contributed by atoms with Gasteiger partial charge in [-0.15, -0.1) is 0 Å². The maximum atomic E-state index is 12.0. The smallest absolute Gasteiger partial charge is 0.332 e. The van der Waals surface area contributed by atoms with Crippen LogP contribution in [0, 0.1) is 25.2 Å². The number of hydrogen-bond acceptors (Lipinski definition) is 5. The lowest BCUT2D eigenvalue weighted by Crippen LogP contribution is -2.39. The van der Waals surface area contributed by atoms with Gasteiger partial charge < -0.3 is 5.32 Å². The van der Waals surface area contributed by atoms with Crippen LogP contribution in [0.15, 0.2) is 9.59 Å². The van der Waals surface area contributed by atoms with E-state index in [1.807, 2.05) is 19.9 Å². The molecule has 0 atom stereocenters. The predicted molar refractivity (Wildman–Crippen MR) is 77.0 cm³/mol. The molecular weight excluding hydrogens is 272 g/mol. The molecule has 2 aromatic heterocycles. The molecule has 0 amide bonds. The van der Waals surface area contributed by atoms with Crippen molar-refractivity contribution in [2.75, 3.05) is 5.32 Å². The van der Waals surface area contributed by atoms with Crippen molar-refractivity contribution in [1.82, 2.24) is 19.3 Å². The second kappa shape index (κ2) is 5.28. The number of aromatic nitrogens is 4. The van der Waals surface area contributed by atoms with Gasteiger partial charge in [0.05, 0.1) is 5.69 Å². The number of nitrogens with one attached hydrogen (secondary N) is 2. The van der Waals surface area contributed by atoms with E-state index in [4.69, 9.17) is 5.26 Å². The molecule has 0 aliphatic rings. The average molecular weight is 288 g/mol. The molecule has 0 aliphatic carbocycles. The number of rotatable bonds is 3. The minimum atomic E-state index is -0.608. The van der Waals surface area contributed by atoms with Crippen molar-refractivity contribution < 1.29 is 0 Å². The van der Waals surface area contributed by atoms with Crippen LogP contribution in [0.1, 0.15) is 22.5 Å². The van der Waals surface area contributed by atoms with Crippen LogP contribution in [-0.4, -0.2) is 19.3 Å². The van der Waals surface area contributed by atoms with E-state index in [0.717, 1.165) is 21.5 Å². The number of anilines is 1. The first-order chi connectivity index (χ1) is 9.88. The molecule has 2 rings (SSSR count). The van der Waals surface area contributed by atoms with Crippen LogP contribution in [0.25, 0.3) is 0 Å². The zero-order valence-corrected chi connectivity index (χ0v) is 12.3. The number of aromatic amines is 1. The molecule has 0 saturated carbocycles. The Morgan fingerprint density at radius 2 is 1.95 bits per heavy atom. The topological polar surface area (TPSA) is 108 Å². The minimum Gasteiger partial charge on any atom is -0.366 e. The fraction of sp³-hybridized carbons (Fsp3) is 0.385. The average Bonchev–Trinajstić information content (AvgIpc) is 2.78. The van der Waals surface area contributed by atoms with E-state index in [1.165, 1.54) is 18.7 Å². The number of nitriles is 1. The van der Waals surface area contributed by atoms with Crippen molar-refractivity contribution in [3.05, 3.63) is 43.4 Å². The molecule has 0 spiro atoms. The highest BCUT2D eigenvalue weighted by Gasteiger charge is 2.16. The van der Waals surface area contributed by atoms with Gasteiger partial charge >= 0.3 is 5.69 Å². The molecular formula is C13H16N6O2. The van der Waals surface area contributed by atoms with Crippen molar-refractivity contribution in [2.24, 2.45) is 14.1 Å². The fourth-order valence-corrected chi connectivity index (χ4v) is 2.16. The Morgan fingerprint density at radius 1 is 1.29 bits per heavy atom. The lowest BCUT2D eigenvalue weighted by Gasteiger charge is -2.13. The maximum Gasteiger partial charge on any atom is 0.332 e. The van der Waals surface area contributed by atoms with Gasteiger partial charge in [0.15, 0.2) is 5.56 Å². The van der Waals surface area contributed by atoms with Crippen LogP contribution in [0.4, 0.5) is 5.82 Å². The van der Waals surface area contributed by atoms with Crippen molar-refractivity contribution in [2.45, 2.75) is 20.4 Å². The zero-order chi connectivity index (χ0) is 15.7. The molecule has 0 bridgehead atoms. The van der Waals surface area contributed by atoms with E-state index < -0.39 is 11.2 Å². The fourth-order valence-electron chi connectivity index (χ4n) is 2.16. The van der Waals surface area contributed by atoms with Gasteiger partial charge in [0.2, 0.25) is 0 Å². The molecule has 0 aliphatic heterocycles. The Balaban J connectivity index is 2.49. The third-order valence-corrected chi connectivity index (χ3v) is 3.49. The summed E-state index contributed by atoms with van der Waals surface area (Å²) in [4.78, 5) is 23.9. The first kappa shape index (κ1) is 14.6. The second-order valence-electron chi connectivity index (χ2n) is 4.81. The van der Waals surface area contributed by atoms with E-state index in [0.29, 0.717) is 6.54 Å². The van der Waals surface area contributed by atoms with Gasteiger partial charge in [-0.05, 0) is 13.8 Å². The van der Waals surface area contributed by atoms with Crippen molar-refractivity contribution in [3.8, 4) is 6.07 Å². The van der Waals surface area contributed by atoms with Crippen LogP contribution >= 0.6 is 0 Å². The van der Waals surface area contributed by atoms with Crippen molar-refractivity contribution in [1.29, 1.82) is 5.26 Å². The lowest BCUT2D eigenvalue weighted by molar-refractivity contribution is 0.685. The third-order valence-electron chi connectivity index (χ3n) is 3.49. The summed E-state index contributed by atoms with van der Waals surface area (Å²) < 4.78 is 2.17. The molecule has 110 valence electrons. The summed E-state index contributed by atoms with van der Waals surface area (Å²) in [6.45, 7) is 4.10. The minimum absolute atomic E-state index is 0.0848. The molecule has 0 saturated heterocycles. The summed E-state index contributed by atoms with van der Waals surface area (Å²) in [5, 5.41) is 19.1. The zero-order valence-electron chi connectivity index (χ0n) is 12.3. The Kier molecular flexibility index (Phi) is 3.67. The summed E-state index contributed by atoms with van der Waals surface area (Å²) in [5.74, 6) is 0.214. The maximum absolute atomic E-state index is 12.0. The van der Waals surface area contributed by atoms with Crippen molar-refractivity contribution >= 4 is 5.82 Å². The van der Waals surface area contributed by atoms with Gasteiger partial charge in [0.25, 0.3) is 5.56 Å². The van der Waals surface area contributed by atoms with E-state index >= 15 is 0 Å². The highest BCUT2D eigenvalue weighted by atomic mass is 16.2. The molecule has 8 nitrogen and oxygen atoms in total. The van der Waals surface area contributed by atoms with Crippen LogP contribution in [0.5, 0.6) is 0 Å². The van der Waals surface area contributed by atoms with E-state index in [9.17, 15) is 9.59 Å². The summed E-state index contributed by atoms with van der Waals surface area (Å²) in [5.41, 5.74) is 1.48. The second-order valence-corrected chi connectivity index (χ2v) is 4.81. The Hall–Kier alpha value is -2.82. The predicted octanol–water partition coefficient (Wildman–Crippen LogP) is -0.0923. The van der Waals surface area contributed by atoms with E-state index in [2.05, 4.69) is 15.5 Å². The number of hydrogen-bond donors (Lipinski definition) is 2. The molecule has 2 heterocycles. The number of nitrogens with zero attached hydrogens (tertiary/aromatic N) is 4. The van der Waals surface area contributed by atoms with Gasteiger partial charge in [-0.3, -0.25) is 19.0 Å². The van der Waals surface area contributed by atoms with Gasteiger partial charge in [-0.2, -0.15) is 10.4 Å². The Morgan fingerprint density at radius 3 is 2.48 bits per heavy atom. The van der Waals surface area contributed by atoms with Crippen LogP contribution < -0.4 is 16.6 Å². The van der Waals surface area contributed by atoms with Crippen LogP contribution in [0.2, 0.25) is 0 Å². The van der Waals surface area contributed by atoms with E-state index in [-0.39, 0.29) is 11.4 Å². The van der Waals surface area contributed by atoms with Crippen molar-refractivity contribution in [3.63, 3.8) is 0 Å². The van der Waals surface area contributed by atoms with Gasteiger partial charge in [0, 0.05) is 31.9 Å². The van der Waals surface area contributed by atoms with Gasteiger partial charge in [-0.25, -0.2) is 4.79 Å². The molecule has 21 heavy (non-hydrogen) atoms. The lowest BCUT2D eigenvalue weighted by atomic mass is 10.2. The summed E-state index contributed by atoms with van der Waals surface area (Å²) in [6.07, 6.45) is 0. The standard InChI is InChI=1S/C13H16N6O2/c1-7-10(8(2)17-16-7)6-15-11-9(5-14)12(20)19(4)13(21)18(11)3/h15H,6H2,1-4H3,(H,16,17). The molecule has 2 N–H and O–H groups in total. The molecule has 0 aromatic carbocycles. The Labute approximate surface area is 120 Å². The number of aryl methyl sites for hydroxylation is 2. The third kappa shape index (κ3) is 2.33. The molecule has 0 fully saturated rings. The van der Waals surface area contributed by atoms with Crippen LogP contribution in [-0.2, 0) is 20.6 Å². The molecule has 2 aromatic rings. The largest absolute Gasteiger partial charge is 0.366 e. The van der Waals surface area contributed by atoms with Gasteiger partial charge in [0.1, 0.15) is 11.9 Å². The summed E-state index contributed by atoms with van der Waals surface area (Å²) in [7, 11) is 2.86. The quantitative estimate of drug-likeness (QED) is 0.820. The first-order valence-electron chi connectivity index (χ1n) is 6.33. The van der Waals surface area contributed by atoms with Crippen LogP contribution in [0.3, 0.4) is 0 Å². The molecule has 8 heteroatoms. The van der Waals surface area contributed by atoms with Gasteiger partial charge in [-0.1, -0.05) is 0 Å². The highest BCUT2D eigenvalue weighted by molar-refractivity contribution is 5.51. The monoisotopic (exact) mass is 288 g/mol. The highest BCUT2D eigenvalue weighted by Crippen LogP contribution is 2.13. The summed E-state index contributed by atoms with van der Waals surface area (Å²) in [6, 6.07) is 1.85. The SMILES string of the molecule is Cc1n[nH]c(C)c1CNc1c(C#N)c(=O)n(C)c(=O)n1C. The first-order valence-corrected chi connectivity index (χ1v) is 6.33. The summed E-state index contributed by atoms with van der Waals surface area (Å²) >= 11 is 0.